The summed E-state index contributed by atoms with van der Waals surface area (Å²) in [5.74, 6) is -1.46. The van der Waals surface area contributed by atoms with E-state index >= 15 is 0 Å². The number of hydrogen-bond donors (Lipinski definition) is 3. The Morgan fingerprint density at radius 3 is 2.42 bits per heavy atom. The van der Waals surface area contributed by atoms with Crippen molar-refractivity contribution in [1.29, 1.82) is 0 Å². The summed E-state index contributed by atoms with van der Waals surface area (Å²) in [5.41, 5.74) is 0. The normalized spacial score (nSPS) is 8.75. The first-order chi connectivity index (χ1) is 5.72. The highest BCUT2D eigenvalue weighted by atomic mass is 16.3. The van der Waals surface area contributed by atoms with Crippen LogP contribution in [0.1, 0.15) is 0 Å². The molecule has 68 valence electrons. The van der Waals surface area contributed by atoms with Gasteiger partial charge in [-0.05, 0) is 0 Å². The van der Waals surface area contributed by atoms with Crippen molar-refractivity contribution in [3.63, 3.8) is 0 Å². The van der Waals surface area contributed by atoms with Gasteiger partial charge in [0.15, 0.2) is 0 Å². The van der Waals surface area contributed by atoms with Crippen LogP contribution in [0.25, 0.3) is 0 Å². The van der Waals surface area contributed by atoms with Gasteiger partial charge in [-0.1, -0.05) is 6.08 Å². The van der Waals surface area contributed by atoms with Crippen LogP contribution in [0.3, 0.4) is 0 Å². The predicted octanol–water partition coefficient (Wildman–Crippen LogP) is -1.60. The van der Waals surface area contributed by atoms with E-state index < -0.39 is 11.8 Å². The van der Waals surface area contributed by atoms with Crippen molar-refractivity contribution in [1.82, 2.24) is 10.6 Å². The third-order valence-electron chi connectivity index (χ3n) is 1.01. The summed E-state index contributed by atoms with van der Waals surface area (Å²) in [5, 5.41) is 12.8. The number of nitrogens with one attached hydrogen (secondary N) is 2. The smallest absolute Gasteiger partial charge is 0.309 e. The summed E-state index contributed by atoms with van der Waals surface area (Å²) in [7, 11) is 0. The van der Waals surface area contributed by atoms with E-state index in [-0.39, 0.29) is 19.7 Å². The molecular weight excluding hydrogens is 160 g/mol. The molecule has 0 aliphatic carbocycles. The van der Waals surface area contributed by atoms with Crippen LogP contribution in [0.2, 0.25) is 0 Å². The van der Waals surface area contributed by atoms with Crippen molar-refractivity contribution >= 4 is 11.8 Å². The van der Waals surface area contributed by atoms with E-state index in [0.717, 1.165) is 0 Å². The van der Waals surface area contributed by atoms with Crippen LogP contribution in [0.15, 0.2) is 12.7 Å². The van der Waals surface area contributed by atoms with Gasteiger partial charge in [-0.3, -0.25) is 9.59 Å². The summed E-state index contributed by atoms with van der Waals surface area (Å²) in [6.07, 6.45) is 1.47. The van der Waals surface area contributed by atoms with Crippen molar-refractivity contribution in [3.8, 4) is 0 Å². The Labute approximate surface area is 70.5 Å². The topological polar surface area (TPSA) is 78.4 Å². The largest absolute Gasteiger partial charge is 0.395 e. The first-order valence-corrected chi connectivity index (χ1v) is 3.50. The molecule has 5 heteroatoms. The minimum Gasteiger partial charge on any atom is -0.395 e. The average Bonchev–Trinajstić information content (AvgIpc) is 2.10. The Kier molecular flexibility index (Phi) is 5.64. The van der Waals surface area contributed by atoms with Gasteiger partial charge in [0, 0.05) is 13.1 Å². The molecule has 0 fully saturated rings. The quantitative estimate of drug-likeness (QED) is 0.353. The van der Waals surface area contributed by atoms with Gasteiger partial charge >= 0.3 is 11.8 Å². The highest BCUT2D eigenvalue weighted by molar-refractivity contribution is 6.35. The SMILES string of the molecule is C=CCNC(=O)C(=O)NCCO. The molecule has 2 amide bonds. The molecule has 0 aromatic heterocycles. The van der Waals surface area contributed by atoms with Crippen molar-refractivity contribution in [3.05, 3.63) is 12.7 Å². The van der Waals surface area contributed by atoms with Gasteiger partial charge in [-0.15, -0.1) is 6.58 Å². The molecule has 0 aromatic rings. The Bertz CT molecular complexity index is 179. The number of aliphatic hydroxyl groups is 1. The molecule has 3 N–H and O–H groups in total. The zero-order valence-electron chi connectivity index (χ0n) is 6.67. The number of carbonyl (C=O) groups is 2. The Hall–Kier alpha value is -1.36. The minimum absolute atomic E-state index is 0.0837. The molecule has 0 heterocycles. The van der Waals surface area contributed by atoms with Gasteiger partial charge < -0.3 is 15.7 Å². The second-order valence-corrected chi connectivity index (χ2v) is 1.98. The van der Waals surface area contributed by atoms with Crippen LogP contribution in [0.5, 0.6) is 0 Å². The number of hydrogen-bond acceptors (Lipinski definition) is 3. The molecule has 0 aliphatic rings. The van der Waals surface area contributed by atoms with E-state index in [1.807, 2.05) is 0 Å². The second kappa shape index (κ2) is 6.36. The standard InChI is InChI=1S/C7H12N2O3/c1-2-3-8-6(11)7(12)9-4-5-10/h2,10H,1,3-5H2,(H,8,11)(H,9,12). The molecule has 5 nitrogen and oxygen atoms in total. The van der Waals surface area contributed by atoms with Crippen molar-refractivity contribution < 1.29 is 14.7 Å². The van der Waals surface area contributed by atoms with E-state index in [1.54, 1.807) is 0 Å². The molecule has 0 saturated carbocycles. The number of carbonyl (C=O) groups excluding carboxylic acids is 2. The van der Waals surface area contributed by atoms with Crippen LogP contribution in [0, 0.1) is 0 Å². The summed E-state index contributed by atoms with van der Waals surface area (Å²) in [6.45, 7) is 3.53. The maximum Gasteiger partial charge on any atom is 0.309 e. The monoisotopic (exact) mass is 172 g/mol. The van der Waals surface area contributed by atoms with Crippen LogP contribution >= 0.6 is 0 Å². The molecule has 0 rings (SSSR count). The van der Waals surface area contributed by atoms with Gasteiger partial charge in [0.05, 0.1) is 6.61 Å². The fourth-order valence-electron chi connectivity index (χ4n) is 0.495. The number of rotatable bonds is 4. The van der Waals surface area contributed by atoms with Gasteiger partial charge in [-0.25, -0.2) is 0 Å². The molecule has 0 spiro atoms. The van der Waals surface area contributed by atoms with Gasteiger partial charge in [0.2, 0.25) is 0 Å². The van der Waals surface area contributed by atoms with Crippen molar-refractivity contribution in [2.75, 3.05) is 19.7 Å². The Morgan fingerprint density at radius 2 is 1.92 bits per heavy atom. The molecular formula is C7H12N2O3. The second-order valence-electron chi connectivity index (χ2n) is 1.98. The first-order valence-electron chi connectivity index (χ1n) is 3.50. The third kappa shape index (κ3) is 4.45. The lowest BCUT2D eigenvalue weighted by Gasteiger charge is -2.01. The molecule has 0 saturated heterocycles. The van der Waals surface area contributed by atoms with Gasteiger partial charge in [0.1, 0.15) is 0 Å². The highest BCUT2D eigenvalue weighted by Gasteiger charge is 2.09. The van der Waals surface area contributed by atoms with E-state index in [9.17, 15) is 9.59 Å². The lowest BCUT2D eigenvalue weighted by Crippen LogP contribution is -2.40. The summed E-state index contributed by atoms with van der Waals surface area (Å²) < 4.78 is 0. The highest BCUT2D eigenvalue weighted by Crippen LogP contribution is 1.68. The van der Waals surface area contributed by atoms with E-state index in [2.05, 4.69) is 17.2 Å². The Balaban J connectivity index is 3.61. The Morgan fingerprint density at radius 1 is 1.33 bits per heavy atom. The number of amides is 2. The van der Waals surface area contributed by atoms with Gasteiger partial charge in [0.25, 0.3) is 0 Å². The molecule has 12 heavy (non-hydrogen) atoms. The lowest BCUT2D eigenvalue weighted by molar-refractivity contribution is -0.139. The maximum atomic E-state index is 10.8. The molecule has 0 bridgehead atoms. The van der Waals surface area contributed by atoms with E-state index in [1.165, 1.54) is 6.08 Å². The maximum absolute atomic E-state index is 10.8. The van der Waals surface area contributed by atoms with Crippen LogP contribution in [-0.4, -0.2) is 36.6 Å². The van der Waals surface area contributed by atoms with Crippen LogP contribution < -0.4 is 10.6 Å². The fraction of sp³-hybridized carbons (Fsp3) is 0.429. The van der Waals surface area contributed by atoms with Crippen LogP contribution in [-0.2, 0) is 9.59 Å². The zero-order valence-corrected chi connectivity index (χ0v) is 6.67. The molecule has 0 aliphatic heterocycles. The van der Waals surface area contributed by atoms with E-state index in [0.29, 0.717) is 0 Å². The average molecular weight is 172 g/mol. The third-order valence-corrected chi connectivity index (χ3v) is 1.01. The predicted molar refractivity (Wildman–Crippen MR) is 43.3 cm³/mol. The molecule has 0 atom stereocenters. The summed E-state index contributed by atoms with van der Waals surface area (Å²) in [4.78, 5) is 21.5. The number of aliphatic hydroxyl groups excluding tert-OH is 1. The van der Waals surface area contributed by atoms with E-state index in [4.69, 9.17) is 5.11 Å². The molecule has 0 unspecified atom stereocenters. The fourth-order valence-corrected chi connectivity index (χ4v) is 0.495. The zero-order chi connectivity index (χ0) is 9.40. The molecule has 0 radical (unpaired) electrons. The first kappa shape index (κ1) is 10.6. The minimum atomic E-state index is -0.745. The lowest BCUT2D eigenvalue weighted by atomic mass is 10.5. The van der Waals surface area contributed by atoms with Crippen LogP contribution in [0.4, 0.5) is 0 Å². The van der Waals surface area contributed by atoms with Crippen molar-refractivity contribution in [2.45, 2.75) is 0 Å². The summed E-state index contributed by atoms with van der Waals surface area (Å²) in [6, 6.07) is 0. The van der Waals surface area contributed by atoms with Gasteiger partial charge in [-0.2, -0.15) is 0 Å². The van der Waals surface area contributed by atoms with Crippen molar-refractivity contribution in [2.24, 2.45) is 0 Å². The summed E-state index contributed by atoms with van der Waals surface area (Å²) >= 11 is 0. The molecule has 0 aromatic carbocycles.